The highest BCUT2D eigenvalue weighted by atomic mass is 32.2. The van der Waals surface area contributed by atoms with Crippen LogP contribution in [0.2, 0.25) is 0 Å². The zero-order valence-corrected chi connectivity index (χ0v) is 11.4. The van der Waals surface area contributed by atoms with Crippen LogP contribution in [-0.2, 0) is 21.2 Å². The van der Waals surface area contributed by atoms with Gasteiger partial charge in [0.25, 0.3) is 0 Å². The SMILES string of the molecule is NCc1cccc(NC(=O)CC2CCS(=O)(=O)C2)c1. The molecule has 0 radical (unpaired) electrons. The summed E-state index contributed by atoms with van der Waals surface area (Å²) in [6.45, 7) is 0.421. The topological polar surface area (TPSA) is 89.3 Å². The molecule has 1 aromatic carbocycles. The second kappa shape index (κ2) is 5.71. The smallest absolute Gasteiger partial charge is 0.224 e. The summed E-state index contributed by atoms with van der Waals surface area (Å²) in [5.41, 5.74) is 7.18. The third-order valence-electron chi connectivity index (χ3n) is 3.25. The molecular formula is C13H18N2O3S. The van der Waals surface area contributed by atoms with E-state index in [4.69, 9.17) is 5.73 Å². The van der Waals surface area contributed by atoms with Gasteiger partial charge >= 0.3 is 0 Å². The number of rotatable bonds is 4. The molecule has 19 heavy (non-hydrogen) atoms. The first-order chi connectivity index (χ1) is 8.98. The summed E-state index contributed by atoms with van der Waals surface area (Å²) in [4.78, 5) is 11.8. The summed E-state index contributed by atoms with van der Waals surface area (Å²) in [5, 5.41) is 2.78. The van der Waals surface area contributed by atoms with Gasteiger partial charge in [0.15, 0.2) is 9.84 Å². The van der Waals surface area contributed by atoms with Crippen molar-refractivity contribution in [1.82, 2.24) is 0 Å². The molecule has 0 bridgehead atoms. The summed E-state index contributed by atoms with van der Waals surface area (Å²) >= 11 is 0. The Bertz CT molecular complexity index is 569. The van der Waals surface area contributed by atoms with Gasteiger partial charge in [0.1, 0.15) is 0 Å². The van der Waals surface area contributed by atoms with Gasteiger partial charge in [-0.3, -0.25) is 4.79 Å². The molecule has 0 aliphatic carbocycles. The number of hydrogen-bond donors (Lipinski definition) is 2. The normalized spacial score (nSPS) is 21.2. The van der Waals surface area contributed by atoms with Gasteiger partial charge in [-0.05, 0) is 30.0 Å². The highest BCUT2D eigenvalue weighted by molar-refractivity contribution is 7.91. The number of nitrogens with one attached hydrogen (secondary N) is 1. The molecule has 0 aromatic heterocycles. The van der Waals surface area contributed by atoms with Gasteiger partial charge < -0.3 is 11.1 Å². The average Bonchev–Trinajstić information content (AvgIpc) is 2.68. The average molecular weight is 282 g/mol. The molecule has 1 atom stereocenters. The largest absolute Gasteiger partial charge is 0.326 e. The lowest BCUT2D eigenvalue weighted by Gasteiger charge is -2.09. The van der Waals surface area contributed by atoms with E-state index in [2.05, 4.69) is 5.32 Å². The zero-order valence-electron chi connectivity index (χ0n) is 10.6. The van der Waals surface area contributed by atoms with Crippen molar-refractivity contribution in [2.24, 2.45) is 11.7 Å². The minimum Gasteiger partial charge on any atom is -0.326 e. The first-order valence-corrected chi connectivity index (χ1v) is 8.10. The first kappa shape index (κ1) is 14.0. The van der Waals surface area contributed by atoms with Crippen LogP contribution < -0.4 is 11.1 Å². The number of amides is 1. The number of carbonyl (C=O) groups is 1. The van der Waals surface area contributed by atoms with E-state index >= 15 is 0 Å². The van der Waals surface area contributed by atoms with Crippen molar-refractivity contribution in [3.05, 3.63) is 29.8 Å². The Kier molecular flexibility index (Phi) is 4.21. The third-order valence-corrected chi connectivity index (χ3v) is 5.08. The van der Waals surface area contributed by atoms with E-state index in [-0.39, 0.29) is 29.8 Å². The molecule has 0 saturated carbocycles. The van der Waals surface area contributed by atoms with E-state index in [1.807, 2.05) is 18.2 Å². The number of benzene rings is 1. The number of nitrogens with two attached hydrogens (primary N) is 1. The minimum atomic E-state index is -2.92. The lowest BCUT2D eigenvalue weighted by molar-refractivity contribution is -0.116. The minimum absolute atomic E-state index is 0.0531. The van der Waals surface area contributed by atoms with Crippen LogP contribution in [0.25, 0.3) is 0 Å². The van der Waals surface area contributed by atoms with Gasteiger partial charge in [0.2, 0.25) is 5.91 Å². The third kappa shape index (κ3) is 4.04. The maximum atomic E-state index is 11.8. The Balaban J connectivity index is 1.91. The van der Waals surface area contributed by atoms with Crippen LogP contribution in [0, 0.1) is 5.92 Å². The van der Waals surface area contributed by atoms with Gasteiger partial charge in [0.05, 0.1) is 11.5 Å². The summed E-state index contributed by atoms with van der Waals surface area (Å²) < 4.78 is 22.6. The van der Waals surface area contributed by atoms with Crippen molar-refractivity contribution >= 4 is 21.4 Å². The molecule has 1 aromatic rings. The van der Waals surface area contributed by atoms with Gasteiger partial charge in [-0.2, -0.15) is 0 Å². The number of hydrogen-bond acceptors (Lipinski definition) is 4. The molecule has 1 aliphatic heterocycles. The first-order valence-electron chi connectivity index (χ1n) is 6.28. The number of carbonyl (C=O) groups excluding carboxylic acids is 1. The fourth-order valence-electron chi connectivity index (χ4n) is 2.28. The molecule has 3 N–H and O–H groups in total. The van der Waals surface area contributed by atoms with Crippen molar-refractivity contribution in [2.45, 2.75) is 19.4 Å². The van der Waals surface area contributed by atoms with Crippen molar-refractivity contribution in [3.63, 3.8) is 0 Å². The summed E-state index contributed by atoms with van der Waals surface area (Å²) in [5.74, 6) is 0.135. The Morgan fingerprint density at radius 1 is 1.42 bits per heavy atom. The van der Waals surface area contributed by atoms with Crippen molar-refractivity contribution in [1.29, 1.82) is 0 Å². The predicted octanol–water partition coefficient (Wildman–Crippen LogP) is 0.909. The van der Waals surface area contributed by atoms with Crippen molar-refractivity contribution < 1.29 is 13.2 Å². The van der Waals surface area contributed by atoms with Gasteiger partial charge in [-0.1, -0.05) is 12.1 Å². The highest BCUT2D eigenvalue weighted by Crippen LogP contribution is 2.22. The maximum Gasteiger partial charge on any atom is 0.224 e. The molecule has 1 amide bonds. The maximum absolute atomic E-state index is 11.8. The second-order valence-electron chi connectivity index (χ2n) is 4.93. The zero-order chi connectivity index (χ0) is 13.9. The van der Waals surface area contributed by atoms with Crippen LogP contribution in [0.15, 0.2) is 24.3 Å². The molecule has 1 heterocycles. The lowest BCUT2D eigenvalue weighted by Crippen LogP contribution is -2.17. The van der Waals surface area contributed by atoms with Gasteiger partial charge in [-0.15, -0.1) is 0 Å². The Morgan fingerprint density at radius 2 is 2.21 bits per heavy atom. The van der Waals surface area contributed by atoms with Crippen LogP contribution in [0.1, 0.15) is 18.4 Å². The van der Waals surface area contributed by atoms with E-state index < -0.39 is 9.84 Å². The quantitative estimate of drug-likeness (QED) is 0.859. The van der Waals surface area contributed by atoms with Crippen molar-refractivity contribution in [3.8, 4) is 0 Å². The molecule has 2 rings (SSSR count). The molecule has 104 valence electrons. The standard InChI is InChI=1S/C13H18N2O3S/c14-8-10-2-1-3-12(6-10)15-13(16)7-11-4-5-19(17,18)9-11/h1-3,6,11H,4-5,7-9,14H2,(H,15,16). The summed E-state index contributed by atoms with van der Waals surface area (Å²) in [6.07, 6.45) is 0.838. The van der Waals surface area contributed by atoms with Crippen LogP contribution >= 0.6 is 0 Å². The highest BCUT2D eigenvalue weighted by Gasteiger charge is 2.29. The lowest BCUT2D eigenvalue weighted by atomic mass is 10.0. The molecule has 5 nitrogen and oxygen atoms in total. The number of sulfone groups is 1. The Morgan fingerprint density at radius 3 is 2.84 bits per heavy atom. The molecule has 1 unspecified atom stereocenters. The predicted molar refractivity (Wildman–Crippen MR) is 74.3 cm³/mol. The van der Waals surface area contributed by atoms with E-state index in [1.165, 1.54) is 0 Å². The van der Waals surface area contributed by atoms with Gasteiger partial charge in [-0.25, -0.2) is 8.42 Å². The molecular weight excluding hydrogens is 264 g/mol. The van der Waals surface area contributed by atoms with Crippen LogP contribution in [0.4, 0.5) is 5.69 Å². The summed E-state index contributed by atoms with van der Waals surface area (Å²) in [7, 11) is -2.92. The van der Waals surface area contributed by atoms with Crippen LogP contribution in [-0.4, -0.2) is 25.8 Å². The van der Waals surface area contributed by atoms with Crippen LogP contribution in [0.3, 0.4) is 0 Å². The molecule has 0 spiro atoms. The molecule has 1 fully saturated rings. The summed E-state index contributed by atoms with van der Waals surface area (Å²) in [6, 6.07) is 7.34. The fraction of sp³-hybridized carbons (Fsp3) is 0.462. The van der Waals surface area contributed by atoms with E-state index in [1.54, 1.807) is 6.07 Å². The molecule has 1 aliphatic rings. The molecule has 1 saturated heterocycles. The van der Waals surface area contributed by atoms with Gasteiger partial charge in [0, 0.05) is 18.7 Å². The molecule has 6 heteroatoms. The number of anilines is 1. The fourth-order valence-corrected chi connectivity index (χ4v) is 4.15. The second-order valence-corrected chi connectivity index (χ2v) is 7.15. The van der Waals surface area contributed by atoms with E-state index in [0.717, 1.165) is 5.56 Å². The van der Waals surface area contributed by atoms with Crippen LogP contribution in [0.5, 0.6) is 0 Å². The van der Waals surface area contributed by atoms with E-state index in [9.17, 15) is 13.2 Å². The van der Waals surface area contributed by atoms with Crippen molar-refractivity contribution in [2.75, 3.05) is 16.8 Å². The monoisotopic (exact) mass is 282 g/mol. The Labute approximate surface area is 113 Å². The Hall–Kier alpha value is -1.40. The van der Waals surface area contributed by atoms with E-state index in [0.29, 0.717) is 18.7 Å².